The molecule has 8 heteroatoms. The molecule has 1 saturated heterocycles. The minimum atomic E-state index is -0.170. The van der Waals surface area contributed by atoms with Crippen LogP contribution in [-0.4, -0.2) is 56.9 Å². The number of aromatic nitrogens is 3. The van der Waals surface area contributed by atoms with E-state index in [0.717, 1.165) is 50.3 Å². The third kappa shape index (κ3) is 4.50. The van der Waals surface area contributed by atoms with Gasteiger partial charge in [-0.15, -0.1) is 5.10 Å². The lowest BCUT2D eigenvalue weighted by atomic mass is 10.3. The number of hydrogen-bond donors (Lipinski definition) is 1. The Labute approximate surface area is 162 Å². The molecule has 1 N–H and O–H groups in total. The summed E-state index contributed by atoms with van der Waals surface area (Å²) in [5, 5.41) is 7.89. The molecule has 2 aromatic rings. The van der Waals surface area contributed by atoms with E-state index in [1.807, 2.05) is 35.0 Å². The van der Waals surface area contributed by atoms with Gasteiger partial charge in [0.2, 0.25) is 17.0 Å². The number of nitrogens with zero attached hydrogens (tertiary/aromatic N) is 4. The van der Waals surface area contributed by atoms with E-state index in [9.17, 15) is 9.59 Å². The van der Waals surface area contributed by atoms with Crippen molar-refractivity contribution in [1.82, 2.24) is 25.0 Å². The summed E-state index contributed by atoms with van der Waals surface area (Å²) in [5.74, 6) is 1.45. The first-order valence-electron chi connectivity index (χ1n) is 9.40. The molecule has 0 atom stereocenters. The highest BCUT2D eigenvalue weighted by atomic mass is 32.2. The van der Waals surface area contributed by atoms with Crippen LogP contribution in [0.15, 0.2) is 35.5 Å². The summed E-state index contributed by atoms with van der Waals surface area (Å²) in [4.78, 5) is 30.5. The average molecular weight is 385 g/mol. The second-order valence-electron chi connectivity index (χ2n) is 6.93. The molecule has 1 aromatic carbocycles. The molecule has 1 aliphatic heterocycles. The van der Waals surface area contributed by atoms with Gasteiger partial charge < -0.3 is 10.2 Å². The summed E-state index contributed by atoms with van der Waals surface area (Å²) in [6, 6.07) is 9.94. The Balaban J connectivity index is 1.33. The normalized spacial score (nSPS) is 16.5. The average Bonchev–Trinajstić information content (AvgIpc) is 3.22. The van der Waals surface area contributed by atoms with Crippen molar-refractivity contribution in [2.45, 2.75) is 36.8 Å². The molecule has 1 aromatic heterocycles. The number of amides is 2. The Morgan fingerprint density at radius 2 is 1.89 bits per heavy atom. The Hall–Kier alpha value is -2.35. The molecule has 0 spiro atoms. The van der Waals surface area contributed by atoms with Crippen LogP contribution in [0, 0.1) is 0 Å². The number of nitrogens with one attached hydrogen (secondary N) is 1. The SMILES string of the molecule is O=C(CSc1nc(C2CC2)n(-c2ccccc2)n1)NCC(=O)N1CCCC1. The molecule has 2 fully saturated rings. The number of hydrogen-bond acceptors (Lipinski definition) is 5. The molecule has 27 heavy (non-hydrogen) atoms. The zero-order chi connectivity index (χ0) is 18.6. The smallest absolute Gasteiger partial charge is 0.241 e. The van der Waals surface area contributed by atoms with Crippen molar-refractivity contribution < 1.29 is 9.59 Å². The number of benzene rings is 1. The highest BCUT2D eigenvalue weighted by molar-refractivity contribution is 7.99. The zero-order valence-corrected chi connectivity index (χ0v) is 16.0. The topological polar surface area (TPSA) is 80.1 Å². The van der Waals surface area contributed by atoms with E-state index in [1.54, 1.807) is 4.90 Å². The van der Waals surface area contributed by atoms with Crippen LogP contribution in [0.1, 0.15) is 37.4 Å². The van der Waals surface area contributed by atoms with Gasteiger partial charge in [-0.3, -0.25) is 9.59 Å². The molecule has 7 nitrogen and oxygen atoms in total. The molecule has 2 amide bonds. The van der Waals surface area contributed by atoms with Crippen LogP contribution in [0.5, 0.6) is 0 Å². The van der Waals surface area contributed by atoms with E-state index >= 15 is 0 Å². The van der Waals surface area contributed by atoms with E-state index in [2.05, 4.69) is 15.4 Å². The summed E-state index contributed by atoms with van der Waals surface area (Å²) < 4.78 is 1.88. The minimum absolute atomic E-state index is 0.00616. The molecule has 1 saturated carbocycles. The summed E-state index contributed by atoms with van der Waals surface area (Å²) in [6.07, 6.45) is 4.37. The van der Waals surface area contributed by atoms with Gasteiger partial charge in [-0.1, -0.05) is 30.0 Å². The first-order chi connectivity index (χ1) is 13.2. The fourth-order valence-corrected chi connectivity index (χ4v) is 3.82. The van der Waals surface area contributed by atoms with Crippen LogP contribution < -0.4 is 5.32 Å². The van der Waals surface area contributed by atoms with Crippen LogP contribution in [-0.2, 0) is 9.59 Å². The van der Waals surface area contributed by atoms with Gasteiger partial charge in [0, 0.05) is 19.0 Å². The second kappa shape index (κ2) is 8.12. The molecule has 4 rings (SSSR count). The van der Waals surface area contributed by atoms with Gasteiger partial charge in [0.05, 0.1) is 18.0 Å². The molecular formula is C19H23N5O2S. The lowest BCUT2D eigenvalue weighted by Gasteiger charge is -2.15. The fraction of sp³-hybridized carbons (Fsp3) is 0.474. The summed E-state index contributed by atoms with van der Waals surface area (Å²) in [7, 11) is 0. The quantitative estimate of drug-likeness (QED) is 0.737. The standard InChI is InChI=1S/C19H23N5O2S/c25-16(20-12-17(26)23-10-4-5-11-23)13-27-19-21-18(14-8-9-14)24(22-19)15-6-2-1-3-7-15/h1-3,6-7,14H,4-5,8-13H2,(H,20,25). The first-order valence-corrected chi connectivity index (χ1v) is 10.4. The third-order valence-corrected chi connectivity index (χ3v) is 5.62. The van der Waals surface area contributed by atoms with Crippen molar-refractivity contribution >= 4 is 23.6 Å². The van der Waals surface area contributed by atoms with Crippen molar-refractivity contribution in [3.8, 4) is 5.69 Å². The molecular weight excluding hydrogens is 362 g/mol. The second-order valence-corrected chi connectivity index (χ2v) is 7.87. The minimum Gasteiger partial charge on any atom is -0.346 e. The number of likely N-dealkylation sites (tertiary alicyclic amines) is 1. The Morgan fingerprint density at radius 3 is 2.59 bits per heavy atom. The van der Waals surface area contributed by atoms with Gasteiger partial charge >= 0.3 is 0 Å². The maximum Gasteiger partial charge on any atom is 0.241 e. The van der Waals surface area contributed by atoms with Crippen molar-refractivity contribution in [2.75, 3.05) is 25.4 Å². The first kappa shape index (κ1) is 18.0. The lowest BCUT2D eigenvalue weighted by molar-refractivity contribution is -0.131. The summed E-state index contributed by atoms with van der Waals surface area (Å²) >= 11 is 1.31. The van der Waals surface area contributed by atoms with Gasteiger partial charge in [0.1, 0.15) is 5.82 Å². The van der Waals surface area contributed by atoms with E-state index in [1.165, 1.54) is 11.8 Å². The monoisotopic (exact) mass is 385 g/mol. The zero-order valence-electron chi connectivity index (χ0n) is 15.1. The molecule has 2 aliphatic rings. The number of rotatable bonds is 7. The molecule has 0 bridgehead atoms. The van der Waals surface area contributed by atoms with Crippen LogP contribution in [0.3, 0.4) is 0 Å². The molecule has 0 radical (unpaired) electrons. The Bertz CT molecular complexity index is 813. The van der Waals surface area contributed by atoms with E-state index in [4.69, 9.17) is 0 Å². The van der Waals surface area contributed by atoms with Crippen molar-refractivity contribution in [3.05, 3.63) is 36.2 Å². The maximum atomic E-state index is 12.1. The van der Waals surface area contributed by atoms with Gasteiger partial charge in [0.15, 0.2) is 0 Å². The van der Waals surface area contributed by atoms with Crippen molar-refractivity contribution in [2.24, 2.45) is 0 Å². The number of carbonyl (C=O) groups excluding carboxylic acids is 2. The largest absolute Gasteiger partial charge is 0.346 e. The van der Waals surface area contributed by atoms with E-state index < -0.39 is 0 Å². The Kier molecular flexibility index (Phi) is 5.42. The predicted molar refractivity (Wildman–Crippen MR) is 103 cm³/mol. The van der Waals surface area contributed by atoms with Crippen LogP contribution in [0.2, 0.25) is 0 Å². The summed E-state index contributed by atoms with van der Waals surface area (Å²) in [6.45, 7) is 1.67. The molecule has 0 unspecified atom stereocenters. The molecule has 142 valence electrons. The predicted octanol–water partition coefficient (Wildman–Crippen LogP) is 1.98. The third-order valence-electron chi connectivity index (χ3n) is 4.78. The maximum absolute atomic E-state index is 12.1. The highest BCUT2D eigenvalue weighted by Crippen LogP contribution is 2.40. The summed E-state index contributed by atoms with van der Waals surface area (Å²) in [5.41, 5.74) is 0.986. The number of para-hydroxylation sites is 1. The van der Waals surface area contributed by atoms with Gasteiger partial charge in [-0.05, 0) is 37.8 Å². The van der Waals surface area contributed by atoms with Gasteiger partial charge in [0.25, 0.3) is 0 Å². The van der Waals surface area contributed by atoms with Crippen LogP contribution in [0.4, 0.5) is 0 Å². The lowest BCUT2D eigenvalue weighted by Crippen LogP contribution is -2.39. The molecule has 2 heterocycles. The van der Waals surface area contributed by atoms with Crippen molar-refractivity contribution in [3.63, 3.8) is 0 Å². The number of thioether (sulfide) groups is 1. The van der Waals surface area contributed by atoms with Gasteiger partial charge in [-0.25, -0.2) is 9.67 Å². The molecule has 1 aliphatic carbocycles. The van der Waals surface area contributed by atoms with E-state index in [-0.39, 0.29) is 24.1 Å². The Morgan fingerprint density at radius 1 is 1.15 bits per heavy atom. The number of carbonyl (C=O) groups is 2. The van der Waals surface area contributed by atoms with Crippen LogP contribution >= 0.6 is 11.8 Å². The fourth-order valence-electron chi connectivity index (χ4n) is 3.16. The van der Waals surface area contributed by atoms with Crippen molar-refractivity contribution in [1.29, 1.82) is 0 Å². The van der Waals surface area contributed by atoms with Crippen LogP contribution in [0.25, 0.3) is 5.69 Å². The van der Waals surface area contributed by atoms with Gasteiger partial charge in [-0.2, -0.15) is 0 Å². The highest BCUT2D eigenvalue weighted by Gasteiger charge is 2.30. The van der Waals surface area contributed by atoms with E-state index in [0.29, 0.717) is 11.1 Å².